The summed E-state index contributed by atoms with van der Waals surface area (Å²) in [6.07, 6.45) is 0. The van der Waals surface area contributed by atoms with E-state index in [1.165, 1.54) is 4.90 Å². The molecule has 1 N–H and O–H groups in total. The lowest BCUT2D eigenvalue weighted by atomic mass is 9.84. The van der Waals surface area contributed by atoms with E-state index in [0.717, 1.165) is 22.4 Å². The Balaban J connectivity index is 1.87. The minimum Gasteiger partial charge on any atom is -0.507 e. The van der Waals surface area contributed by atoms with Gasteiger partial charge in [0.1, 0.15) is 17.3 Å². The van der Waals surface area contributed by atoms with E-state index in [-0.39, 0.29) is 16.7 Å². The summed E-state index contributed by atoms with van der Waals surface area (Å²) in [4.78, 5) is 28.6. The van der Waals surface area contributed by atoms with Gasteiger partial charge < -0.3 is 14.6 Å². The molecular formula is C34H39NO5. The van der Waals surface area contributed by atoms with E-state index < -0.39 is 17.7 Å². The molecule has 1 aliphatic heterocycles. The molecule has 3 aromatic carbocycles. The molecule has 1 fully saturated rings. The zero-order chi connectivity index (χ0) is 29.2. The molecule has 6 heteroatoms. The number of aliphatic hydroxyl groups is 1. The number of aliphatic hydroxyl groups excluding tert-OH is 1. The van der Waals surface area contributed by atoms with Crippen molar-refractivity contribution in [3.05, 3.63) is 94.6 Å². The van der Waals surface area contributed by atoms with E-state index in [0.29, 0.717) is 36.1 Å². The molecule has 1 unspecified atom stereocenters. The fourth-order valence-electron chi connectivity index (χ4n) is 4.92. The predicted molar refractivity (Wildman–Crippen MR) is 159 cm³/mol. The fraction of sp³-hybridized carbons (Fsp3) is 0.353. The molecule has 0 aromatic heterocycles. The number of carbonyl (C=O) groups is 2. The number of ketones is 1. The number of nitrogens with zero attached hydrogens (tertiary/aromatic N) is 1. The van der Waals surface area contributed by atoms with Crippen molar-refractivity contribution in [2.75, 3.05) is 18.1 Å². The van der Waals surface area contributed by atoms with Gasteiger partial charge in [0, 0.05) is 16.8 Å². The van der Waals surface area contributed by atoms with Crippen LogP contribution in [0.15, 0.2) is 72.3 Å². The van der Waals surface area contributed by atoms with Crippen molar-refractivity contribution in [1.82, 2.24) is 0 Å². The van der Waals surface area contributed by atoms with Gasteiger partial charge in [-0.05, 0) is 73.2 Å². The van der Waals surface area contributed by atoms with Crippen LogP contribution < -0.4 is 14.4 Å². The number of amides is 1. The van der Waals surface area contributed by atoms with Crippen LogP contribution in [-0.4, -0.2) is 30.0 Å². The maximum atomic E-state index is 13.6. The van der Waals surface area contributed by atoms with Crippen LogP contribution in [0.1, 0.15) is 69.8 Å². The molecule has 3 aromatic rings. The Morgan fingerprint density at radius 1 is 0.975 bits per heavy atom. The average molecular weight is 542 g/mol. The molecule has 1 heterocycles. The van der Waals surface area contributed by atoms with Gasteiger partial charge in [-0.25, -0.2) is 0 Å². The predicted octanol–water partition coefficient (Wildman–Crippen LogP) is 7.35. The number of carbonyl (C=O) groups excluding carboxylic acids is 2. The van der Waals surface area contributed by atoms with Crippen molar-refractivity contribution in [3.8, 4) is 11.5 Å². The first-order valence-corrected chi connectivity index (χ1v) is 13.8. The number of hydrogen-bond acceptors (Lipinski definition) is 5. The van der Waals surface area contributed by atoms with Crippen LogP contribution in [0.5, 0.6) is 11.5 Å². The summed E-state index contributed by atoms with van der Waals surface area (Å²) in [6.45, 7) is 15.3. The average Bonchev–Trinajstić information content (AvgIpc) is 3.17. The Hall–Kier alpha value is -4.06. The van der Waals surface area contributed by atoms with Crippen molar-refractivity contribution >= 4 is 23.1 Å². The van der Waals surface area contributed by atoms with Crippen LogP contribution in [0, 0.1) is 12.8 Å². The molecule has 1 saturated heterocycles. The molecule has 1 atom stereocenters. The van der Waals surface area contributed by atoms with Crippen LogP contribution in [0.2, 0.25) is 0 Å². The first-order valence-electron chi connectivity index (χ1n) is 13.8. The Labute approximate surface area is 237 Å². The van der Waals surface area contributed by atoms with Crippen molar-refractivity contribution in [3.63, 3.8) is 0 Å². The first-order chi connectivity index (χ1) is 18.9. The summed E-state index contributed by atoms with van der Waals surface area (Å²) in [5.41, 5.74) is 3.41. The Kier molecular flexibility index (Phi) is 8.38. The third kappa shape index (κ3) is 5.91. The Morgan fingerprint density at radius 3 is 2.27 bits per heavy atom. The van der Waals surface area contributed by atoms with Crippen LogP contribution in [0.3, 0.4) is 0 Å². The summed E-state index contributed by atoms with van der Waals surface area (Å²) < 4.78 is 11.7. The molecule has 1 amide bonds. The lowest BCUT2D eigenvalue weighted by molar-refractivity contribution is -0.132. The highest BCUT2D eigenvalue weighted by molar-refractivity contribution is 6.51. The highest BCUT2D eigenvalue weighted by Gasteiger charge is 2.47. The second-order valence-electron chi connectivity index (χ2n) is 11.7. The summed E-state index contributed by atoms with van der Waals surface area (Å²) in [5, 5.41) is 11.7. The largest absolute Gasteiger partial charge is 0.507 e. The van der Waals surface area contributed by atoms with Gasteiger partial charge in [-0.1, -0.05) is 64.4 Å². The smallest absolute Gasteiger partial charge is 0.300 e. The first kappa shape index (κ1) is 28.9. The summed E-state index contributed by atoms with van der Waals surface area (Å²) in [7, 11) is 0. The monoisotopic (exact) mass is 541 g/mol. The van der Waals surface area contributed by atoms with Crippen LogP contribution in [-0.2, 0) is 15.0 Å². The molecule has 1 aliphatic rings. The number of rotatable bonds is 8. The zero-order valence-electron chi connectivity index (χ0n) is 24.4. The molecule has 210 valence electrons. The van der Waals surface area contributed by atoms with Crippen LogP contribution in [0.25, 0.3) is 5.76 Å². The second-order valence-corrected chi connectivity index (χ2v) is 11.7. The van der Waals surface area contributed by atoms with Gasteiger partial charge >= 0.3 is 0 Å². The zero-order valence-corrected chi connectivity index (χ0v) is 24.4. The van der Waals surface area contributed by atoms with E-state index in [9.17, 15) is 14.7 Å². The maximum absolute atomic E-state index is 13.6. The SMILES string of the molecule is CCOc1ccc(/C(O)=C2/C(=O)C(=O)N(c3ccc(OCC(C)C)cc3)C2c2cccc(C)c2)cc1C(C)(C)C. The summed E-state index contributed by atoms with van der Waals surface area (Å²) >= 11 is 0. The Morgan fingerprint density at radius 2 is 1.68 bits per heavy atom. The van der Waals surface area contributed by atoms with Crippen LogP contribution >= 0.6 is 0 Å². The molecule has 4 rings (SSSR count). The number of Topliss-reactive ketones (excluding diaryl/α,β-unsaturated/α-hetero) is 1. The quantitative estimate of drug-likeness (QED) is 0.183. The third-order valence-electron chi connectivity index (χ3n) is 6.86. The number of anilines is 1. The summed E-state index contributed by atoms with van der Waals surface area (Å²) in [6, 6.07) is 19.4. The van der Waals surface area contributed by atoms with Gasteiger partial charge in [0.15, 0.2) is 0 Å². The van der Waals surface area contributed by atoms with Crippen LogP contribution in [0.4, 0.5) is 5.69 Å². The molecule has 0 bridgehead atoms. The standard InChI is InChI=1S/C34H39NO5/c1-8-39-28-17-12-24(19-27(28)34(5,6)7)31(36)29-30(23-11-9-10-22(4)18-23)35(33(38)32(29)37)25-13-15-26(16-14-25)40-20-21(2)3/h9-19,21,30,36H,8,20H2,1-7H3/b31-29-. The molecular weight excluding hydrogens is 502 g/mol. The summed E-state index contributed by atoms with van der Waals surface area (Å²) in [5.74, 6) is 0.159. The van der Waals surface area contributed by atoms with Gasteiger partial charge in [-0.15, -0.1) is 0 Å². The van der Waals surface area contributed by atoms with Crippen molar-refractivity contribution in [1.29, 1.82) is 0 Å². The van der Waals surface area contributed by atoms with E-state index in [1.54, 1.807) is 30.3 Å². The maximum Gasteiger partial charge on any atom is 0.300 e. The number of benzene rings is 3. The molecule has 0 spiro atoms. The van der Waals surface area contributed by atoms with Gasteiger partial charge in [-0.2, -0.15) is 0 Å². The van der Waals surface area contributed by atoms with E-state index in [1.807, 2.05) is 50.2 Å². The minimum atomic E-state index is -0.799. The highest BCUT2D eigenvalue weighted by atomic mass is 16.5. The van der Waals surface area contributed by atoms with Crippen molar-refractivity contribution in [2.24, 2.45) is 5.92 Å². The molecule has 6 nitrogen and oxygen atoms in total. The van der Waals surface area contributed by atoms with Gasteiger partial charge in [0.25, 0.3) is 11.7 Å². The molecule has 0 aliphatic carbocycles. The number of aryl methyl sites for hydroxylation is 1. The highest BCUT2D eigenvalue weighted by Crippen LogP contribution is 2.43. The van der Waals surface area contributed by atoms with E-state index in [4.69, 9.17) is 9.47 Å². The third-order valence-corrected chi connectivity index (χ3v) is 6.86. The number of ether oxygens (including phenoxy) is 2. The molecule has 0 radical (unpaired) electrons. The number of hydrogen-bond donors (Lipinski definition) is 1. The lowest BCUT2D eigenvalue weighted by Gasteiger charge is -2.26. The topological polar surface area (TPSA) is 76.1 Å². The minimum absolute atomic E-state index is 0.0553. The second kappa shape index (κ2) is 11.6. The molecule has 0 saturated carbocycles. The van der Waals surface area contributed by atoms with Crippen molar-refractivity contribution < 1.29 is 24.2 Å². The van der Waals surface area contributed by atoms with Gasteiger partial charge in [0.05, 0.1) is 24.8 Å². The van der Waals surface area contributed by atoms with Gasteiger partial charge in [0.2, 0.25) is 0 Å². The fourth-order valence-corrected chi connectivity index (χ4v) is 4.92. The van der Waals surface area contributed by atoms with Crippen molar-refractivity contribution in [2.45, 2.75) is 59.9 Å². The lowest BCUT2D eigenvalue weighted by Crippen LogP contribution is -2.29. The van der Waals surface area contributed by atoms with E-state index in [2.05, 4.69) is 34.6 Å². The normalized spacial score (nSPS) is 17.0. The van der Waals surface area contributed by atoms with E-state index >= 15 is 0 Å². The molecule has 40 heavy (non-hydrogen) atoms. The Bertz CT molecular complexity index is 1430. The van der Waals surface area contributed by atoms with Gasteiger partial charge in [-0.3, -0.25) is 14.5 Å².